The van der Waals surface area contributed by atoms with Crippen molar-refractivity contribution < 1.29 is 14.3 Å². The maximum atomic E-state index is 11.7. The third kappa shape index (κ3) is 4.51. The standard InChI is InChI=1S/C19H27N5O3/c1-22(2)19(25)20-11-15-9-16-13-23(7-8-24(16)21-15)12-14-5-6-17(26-3)10-18(14)27-4/h5-6,9-10H,7-8,11-13H2,1-4H3,(H,20,25). The third-order valence-corrected chi connectivity index (χ3v) is 4.64. The SMILES string of the molecule is COc1ccc(CN2CCn3nc(CNC(=O)N(C)C)cc3C2)c(OC)c1. The van der Waals surface area contributed by atoms with E-state index in [1.54, 1.807) is 28.3 Å². The highest BCUT2D eigenvalue weighted by atomic mass is 16.5. The fourth-order valence-corrected chi connectivity index (χ4v) is 3.15. The summed E-state index contributed by atoms with van der Waals surface area (Å²) in [6, 6.07) is 7.86. The van der Waals surface area contributed by atoms with Gasteiger partial charge in [-0.1, -0.05) is 6.07 Å². The summed E-state index contributed by atoms with van der Waals surface area (Å²) in [4.78, 5) is 15.6. The minimum absolute atomic E-state index is 0.116. The molecule has 8 heteroatoms. The van der Waals surface area contributed by atoms with E-state index < -0.39 is 0 Å². The van der Waals surface area contributed by atoms with Crippen LogP contribution < -0.4 is 14.8 Å². The quantitative estimate of drug-likeness (QED) is 0.834. The summed E-state index contributed by atoms with van der Waals surface area (Å²) in [6.07, 6.45) is 0. The number of ether oxygens (including phenoxy) is 2. The topological polar surface area (TPSA) is 71.9 Å². The van der Waals surface area contributed by atoms with Crippen LogP contribution in [0, 0.1) is 0 Å². The first-order valence-electron chi connectivity index (χ1n) is 8.94. The summed E-state index contributed by atoms with van der Waals surface area (Å²) >= 11 is 0. The van der Waals surface area contributed by atoms with Gasteiger partial charge in [-0.3, -0.25) is 9.58 Å². The van der Waals surface area contributed by atoms with Crippen molar-refractivity contribution in [3.05, 3.63) is 41.2 Å². The minimum atomic E-state index is -0.116. The Bertz CT molecular complexity index is 803. The Kier molecular flexibility index (Phi) is 5.85. The molecule has 2 heterocycles. The number of aromatic nitrogens is 2. The molecule has 8 nitrogen and oxygen atoms in total. The number of carbonyl (C=O) groups is 1. The van der Waals surface area contributed by atoms with Gasteiger partial charge in [0.15, 0.2) is 0 Å². The summed E-state index contributed by atoms with van der Waals surface area (Å²) < 4.78 is 12.8. The van der Waals surface area contributed by atoms with Crippen molar-refractivity contribution in [2.24, 2.45) is 0 Å². The van der Waals surface area contributed by atoms with Crippen molar-refractivity contribution in [1.82, 2.24) is 24.9 Å². The molecule has 2 aromatic rings. The number of benzene rings is 1. The van der Waals surface area contributed by atoms with Crippen molar-refractivity contribution in [1.29, 1.82) is 0 Å². The van der Waals surface area contributed by atoms with Crippen LogP contribution in [0.2, 0.25) is 0 Å². The molecular formula is C19H27N5O3. The predicted molar refractivity (Wildman–Crippen MR) is 102 cm³/mol. The number of rotatable bonds is 6. The summed E-state index contributed by atoms with van der Waals surface area (Å²) in [5.41, 5.74) is 3.16. The molecule has 2 amide bonds. The second-order valence-corrected chi connectivity index (χ2v) is 6.79. The van der Waals surface area contributed by atoms with E-state index >= 15 is 0 Å². The number of nitrogens with zero attached hydrogens (tertiary/aromatic N) is 4. The largest absolute Gasteiger partial charge is 0.497 e. The maximum absolute atomic E-state index is 11.7. The van der Waals surface area contributed by atoms with E-state index in [-0.39, 0.29) is 6.03 Å². The maximum Gasteiger partial charge on any atom is 0.317 e. The Hall–Kier alpha value is -2.74. The first kappa shape index (κ1) is 19.0. The monoisotopic (exact) mass is 373 g/mol. The summed E-state index contributed by atoms with van der Waals surface area (Å²) in [5, 5.41) is 7.45. The van der Waals surface area contributed by atoms with Gasteiger partial charge in [0, 0.05) is 45.4 Å². The van der Waals surface area contributed by atoms with Crippen LogP contribution in [0.15, 0.2) is 24.3 Å². The first-order valence-corrected chi connectivity index (χ1v) is 8.94. The highest BCUT2D eigenvalue weighted by Gasteiger charge is 2.20. The Labute approximate surface area is 159 Å². The van der Waals surface area contributed by atoms with Crippen molar-refractivity contribution in [2.45, 2.75) is 26.2 Å². The average Bonchev–Trinajstić information content (AvgIpc) is 3.08. The van der Waals surface area contributed by atoms with Crippen LogP contribution in [0.4, 0.5) is 4.79 Å². The Balaban J connectivity index is 1.64. The van der Waals surface area contributed by atoms with Crippen LogP contribution in [0.5, 0.6) is 11.5 Å². The van der Waals surface area contributed by atoms with Crippen LogP contribution in [-0.4, -0.2) is 60.5 Å². The van der Waals surface area contributed by atoms with Crippen molar-refractivity contribution in [2.75, 3.05) is 34.9 Å². The smallest absolute Gasteiger partial charge is 0.317 e. The van der Waals surface area contributed by atoms with E-state index in [0.29, 0.717) is 6.54 Å². The second kappa shape index (κ2) is 8.30. The van der Waals surface area contributed by atoms with Gasteiger partial charge in [0.1, 0.15) is 11.5 Å². The van der Waals surface area contributed by atoms with Gasteiger partial charge in [-0.25, -0.2) is 4.79 Å². The fraction of sp³-hybridized carbons (Fsp3) is 0.474. The lowest BCUT2D eigenvalue weighted by molar-refractivity contribution is 0.202. The number of urea groups is 1. The van der Waals surface area contributed by atoms with Crippen LogP contribution in [-0.2, 0) is 26.2 Å². The lowest BCUT2D eigenvalue weighted by atomic mass is 10.1. The molecule has 1 N–H and O–H groups in total. The zero-order valence-electron chi connectivity index (χ0n) is 16.4. The molecule has 1 aromatic carbocycles. The van der Waals surface area contributed by atoms with Gasteiger partial charge in [0.2, 0.25) is 0 Å². The number of methoxy groups -OCH3 is 2. The fourth-order valence-electron chi connectivity index (χ4n) is 3.15. The lowest BCUT2D eigenvalue weighted by Crippen LogP contribution is -2.34. The molecule has 0 saturated heterocycles. The molecule has 0 spiro atoms. The number of amides is 2. The van der Waals surface area contributed by atoms with E-state index in [2.05, 4.69) is 21.4 Å². The molecule has 146 valence electrons. The molecule has 1 aliphatic heterocycles. The van der Waals surface area contributed by atoms with Crippen molar-refractivity contribution >= 4 is 6.03 Å². The molecule has 0 aliphatic carbocycles. The molecule has 0 atom stereocenters. The summed E-state index contributed by atoms with van der Waals surface area (Å²) in [7, 11) is 6.77. The minimum Gasteiger partial charge on any atom is -0.497 e. The Morgan fingerprint density at radius 2 is 2.04 bits per heavy atom. The number of carbonyl (C=O) groups excluding carboxylic acids is 1. The predicted octanol–water partition coefficient (Wildman–Crippen LogP) is 1.69. The lowest BCUT2D eigenvalue weighted by Gasteiger charge is -2.28. The summed E-state index contributed by atoms with van der Waals surface area (Å²) in [5.74, 6) is 1.62. The number of hydrogen-bond acceptors (Lipinski definition) is 5. The van der Waals surface area contributed by atoms with Crippen molar-refractivity contribution in [3.63, 3.8) is 0 Å². The van der Waals surface area contributed by atoms with E-state index in [1.165, 1.54) is 4.90 Å². The first-order chi connectivity index (χ1) is 13.0. The van der Waals surface area contributed by atoms with Crippen LogP contribution >= 0.6 is 0 Å². The van der Waals surface area contributed by atoms with E-state index in [1.807, 2.05) is 22.9 Å². The molecule has 1 aromatic heterocycles. The van der Waals surface area contributed by atoms with Gasteiger partial charge in [-0.05, 0) is 12.1 Å². The molecule has 0 bridgehead atoms. The van der Waals surface area contributed by atoms with Gasteiger partial charge < -0.3 is 19.7 Å². The number of fused-ring (bicyclic) bond motifs is 1. The van der Waals surface area contributed by atoms with Gasteiger partial charge in [-0.2, -0.15) is 5.10 Å². The van der Waals surface area contributed by atoms with Gasteiger partial charge >= 0.3 is 6.03 Å². The number of nitrogens with one attached hydrogen (secondary N) is 1. The van der Waals surface area contributed by atoms with Crippen LogP contribution in [0.25, 0.3) is 0 Å². The van der Waals surface area contributed by atoms with Gasteiger partial charge in [0.25, 0.3) is 0 Å². The Morgan fingerprint density at radius 1 is 1.22 bits per heavy atom. The van der Waals surface area contributed by atoms with Crippen LogP contribution in [0.1, 0.15) is 17.0 Å². The molecule has 0 unspecified atom stereocenters. The molecule has 1 aliphatic rings. The summed E-state index contributed by atoms with van der Waals surface area (Å²) in [6.45, 7) is 3.78. The average molecular weight is 373 g/mol. The normalized spacial score (nSPS) is 13.8. The zero-order valence-corrected chi connectivity index (χ0v) is 16.4. The molecular weight excluding hydrogens is 346 g/mol. The van der Waals surface area contributed by atoms with E-state index in [0.717, 1.165) is 54.6 Å². The Morgan fingerprint density at radius 3 is 2.74 bits per heavy atom. The molecule has 0 fully saturated rings. The third-order valence-electron chi connectivity index (χ3n) is 4.64. The van der Waals surface area contributed by atoms with Gasteiger partial charge in [-0.15, -0.1) is 0 Å². The molecule has 3 rings (SSSR count). The number of hydrogen-bond donors (Lipinski definition) is 1. The van der Waals surface area contributed by atoms with E-state index in [9.17, 15) is 4.79 Å². The molecule has 27 heavy (non-hydrogen) atoms. The van der Waals surface area contributed by atoms with E-state index in [4.69, 9.17) is 9.47 Å². The second-order valence-electron chi connectivity index (χ2n) is 6.79. The molecule has 0 radical (unpaired) electrons. The van der Waals surface area contributed by atoms with Gasteiger partial charge in [0.05, 0.1) is 38.7 Å². The molecule has 0 saturated carbocycles. The van der Waals surface area contributed by atoms with Crippen molar-refractivity contribution in [3.8, 4) is 11.5 Å². The highest BCUT2D eigenvalue weighted by molar-refractivity contribution is 5.73. The highest BCUT2D eigenvalue weighted by Crippen LogP contribution is 2.27. The zero-order chi connectivity index (χ0) is 19.4. The van der Waals surface area contributed by atoms with Crippen LogP contribution in [0.3, 0.4) is 0 Å².